The highest BCUT2D eigenvalue weighted by molar-refractivity contribution is 5.70. The smallest absolute Gasteiger partial charge is 0.347 e. The van der Waals surface area contributed by atoms with Crippen molar-refractivity contribution < 1.29 is 4.92 Å². The summed E-state index contributed by atoms with van der Waals surface area (Å²) in [6, 6.07) is 0.370. The van der Waals surface area contributed by atoms with Gasteiger partial charge in [-0.3, -0.25) is 10.1 Å². The molecule has 96 valence electrons. The Morgan fingerprint density at radius 3 is 2.89 bits per heavy atom. The number of anilines is 2. The van der Waals surface area contributed by atoms with Gasteiger partial charge in [-0.05, 0) is 25.2 Å². The first-order valence-electron chi connectivity index (χ1n) is 5.93. The van der Waals surface area contributed by atoms with Crippen LogP contribution in [0.25, 0.3) is 0 Å². The second kappa shape index (κ2) is 4.05. The van der Waals surface area contributed by atoms with E-state index in [9.17, 15) is 10.1 Å². The van der Waals surface area contributed by atoms with Crippen LogP contribution in [0.2, 0.25) is 0 Å². The Morgan fingerprint density at radius 1 is 1.50 bits per heavy atom. The second-order valence-corrected chi connectivity index (χ2v) is 4.78. The van der Waals surface area contributed by atoms with Crippen molar-refractivity contribution in [3.63, 3.8) is 0 Å². The molecule has 1 aromatic heterocycles. The number of aromatic nitrogens is 2. The SMILES string of the molecule is NNc1ncnc(N2CC3CCC2C3)c1[N+](=O)[O-]. The molecule has 3 rings (SSSR count). The van der Waals surface area contributed by atoms with Gasteiger partial charge in [-0.15, -0.1) is 0 Å². The van der Waals surface area contributed by atoms with E-state index in [-0.39, 0.29) is 11.5 Å². The summed E-state index contributed by atoms with van der Waals surface area (Å²) in [5.74, 6) is 6.35. The van der Waals surface area contributed by atoms with E-state index in [1.54, 1.807) is 0 Å². The lowest BCUT2D eigenvalue weighted by Gasteiger charge is -2.27. The summed E-state index contributed by atoms with van der Waals surface area (Å²) < 4.78 is 0. The summed E-state index contributed by atoms with van der Waals surface area (Å²) >= 11 is 0. The molecule has 2 heterocycles. The zero-order valence-corrected chi connectivity index (χ0v) is 9.74. The van der Waals surface area contributed by atoms with Gasteiger partial charge in [0.2, 0.25) is 11.6 Å². The van der Waals surface area contributed by atoms with Crippen LogP contribution in [0.15, 0.2) is 6.33 Å². The fourth-order valence-electron chi connectivity index (χ4n) is 3.04. The number of rotatable bonds is 3. The van der Waals surface area contributed by atoms with Crippen molar-refractivity contribution in [2.75, 3.05) is 16.9 Å². The number of fused-ring (bicyclic) bond motifs is 2. The lowest BCUT2D eigenvalue weighted by molar-refractivity contribution is -0.383. The highest BCUT2D eigenvalue weighted by Gasteiger charge is 2.41. The fraction of sp³-hybridized carbons (Fsp3) is 0.600. The Bertz CT molecular complexity index is 493. The third-order valence-corrected chi connectivity index (χ3v) is 3.80. The monoisotopic (exact) mass is 250 g/mol. The van der Waals surface area contributed by atoms with E-state index in [1.165, 1.54) is 12.7 Å². The zero-order valence-electron chi connectivity index (χ0n) is 9.74. The highest BCUT2D eigenvalue weighted by atomic mass is 16.6. The first kappa shape index (κ1) is 11.1. The molecule has 2 fully saturated rings. The summed E-state index contributed by atoms with van der Waals surface area (Å²) in [5.41, 5.74) is 2.13. The Morgan fingerprint density at radius 2 is 2.33 bits per heavy atom. The minimum absolute atomic E-state index is 0.0628. The van der Waals surface area contributed by atoms with Gasteiger partial charge in [0.25, 0.3) is 0 Å². The first-order valence-corrected chi connectivity index (χ1v) is 5.93. The van der Waals surface area contributed by atoms with Gasteiger partial charge in [0.15, 0.2) is 0 Å². The molecule has 1 aromatic rings. The molecule has 1 aliphatic carbocycles. The van der Waals surface area contributed by atoms with Crippen LogP contribution in [0, 0.1) is 16.0 Å². The average Bonchev–Trinajstić information content (AvgIpc) is 2.99. The molecule has 1 aliphatic heterocycles. The summed E-state index contributed by atoms with van der Waals surface area (Å²) in [7, 11) is 0. The van der Waals surface area contributed by atoms with E-state index in [1.807, 2.05) is 4.90 Å². The fourth-order valence-corrected chi connectivity index (χ4v) is 3.04. The number of nitrogens with two attached hydrogens (primary N) is 1. The predicted octanol–water partition coefficient (Wildman–Crippen LogP) is 0.659. The number of hydrazine groups is 1. The lowest BCUT2D eigenvalue weighted by Crippen LogP contribution is -2.33. The van der Waals surface area contributed by atoms with Crippen molar-refractivity contribution in [1.29, 1.82) is 0 Å². The number of hydrogen-bond donors (Lipinski definition) is 2. The minimum atomic E-state index is -0.476. The summed E-state index contributed by atoms with van der Waals surface area (Å²) in [4.78, 5) is 20.6. The molecular weight excluding hydrogens is 236 g/mol. The third-order valence-electron chi connectivity index (χ3n) is 3.80. The molecule has 2 unspecified atom stereocenters. The number of nitro groups is 1. The van der Waals surface area contributed by atoms with E-state index in [0.717, 1.165) is 19.4 Å². The molecular formula is C10H14N6O2. The second-order valence-electron chi connectivity index (χ2n) is 4.78. The molecule has 1 saturated carbocycles. The molecule has 0 radical (unpaired) electrons. The van der Waals surface area contributed by atoms with Gasteiger partial charge in [0.1, 0.15) is 6.33 Å². The minimum Gasteiger partial charge on any atom is -0.347 e. The molecule has 0 spiro atoms. The van der Waals surface area contributed by atoms with Crippen molar-refractivity contribution in [1.82, 2.24) is 9.97 Å². The number of piperidine rings is 1. The number of hydrogen-bond acceptors (Lipinski definition) is 7. The van der Waals surface area contributed by atoms with Crippen LogP contribution in [0.1, 0.15) is 19.3 Å². The first-order chi connectivity index (χ1) is 8.70. The van der Waals surface area contributed by atoms with Gasteiger partial charge in [0.05, 0.1) is 4.92 Å². The molecule has 3 N–H and O–H groups in total. The average molecular weight is 250 g/mol. The van der Waals surface area contributed by atoms with Crippen LogP contribution in [0.4, 0.5) is 17.3 Å². The molecule has 0 aromatic carbocycles. The van der Waals surface area contributed by atoms with E-state index >= 15 is 0 Å². The van der Waals surface area contributed by atoms with Gasteiger partial charge in [0, 0.05) is 12.6 Å². The Hall–Kier alpha value is -1.96. The Labute approximate surface area is 103 Å². The molecule has 1 saturated heterocycles. The topological polar surface area (TPSA) is 110 Å². The van der Waals surface area contributed by atoms with E-state index in [4.69, 9.17) is 5.84 Å². The summed E-state index contributed by atoms with van der Waals surface area (Å²) in [6.45, 7) is 0.840. The molecule has 2 bridgehead atoms. The number of nitrogens with zero attached hydrogens (tertiary/aromatic N) is 4. The number of nitrogen functional groups attached to an aromatic ring is 1. The van der Waals surface area contributed by atoms with E-state index in [2.05, 4.69) is 15.4 Å². The van der Waals surface area contributed by atoms with Gasteiger partial charge >= 0.3 is 5.69 Å². The largest absolute Gasteiger partial charge is 0.354 e. The van der Waals surface area contributed by atoms with Crippen LogP contribution >= 0.6 is 0 Å². The Kier molecular flexibility index (Phi) is 2.51. The molecule has 0 amide bonds. The third kappa shape index (κ3) is 1.57. The van der Waals surface area contributed by atoms with Crippen molar-refractivity contribution in [3.05, 3.63) is 16.4 Å². The van der Waals surface area contributed by atoms with Crippen molar-refractivity contribution in [2.24, 2.45) is 11.8 Å². The predicted molar refractivity (Wildman–Crippen MR) is 65.0 cm³/mol. The molecule has 18 heavy (non-hydrogen) atoms. The summed E-state index contributed by atoms with van der Waals surface area (Å²) in [6.07, 6.45) is 4.70. The molecule has 8 heteroatoms. The van der Waals surface area contributed by atoms with Crippen molar-refractivity contribution >= 4 is 17.3 Å². The van der Waals surface area contributed by atoms with Crippen LogP contribution in [0.3, 0.4) is 0 Å². The summed E-state index contributed by atoms with van der Waals surface area (Å²) in [5, 5.41) is 11.2. The van der Waals surface area contributed by atoms with Crippen LogP contribution in [-0.2, 0) is 0 Å². The standard InChI is InChI=1S/C10H14N6O2/c11-14-9-8(16(17)18)10(13-5-12-9)15-4-6-1-2-7(15)3-6/h5-7H,1-4,11H2,(H,12,13,14). The maximum absolute atomic E-state index is 11.2. The zero-order chi connectivity index (χ0) is 12.7. The van der Waals surface area contributed by atoms with Gasteiger partial charge in [-0.25, -0.2) is 15.8 Å². The van der Waals surface area contributed by atoms with E-state index < -0.39 is 4.92 Å². The van der Waals surface area contributed by atoms with Gasteiger partial charge in [-0.2, -0.15) is 0 Å². The van der Waals surface area contributed by atoms with Crippen LogP contribution in [-0.4, -0.2) is 27.5 Å². The van der Waals surface area contributed by atoms with Crippen LogP contribution < -0.4 is 16.2 Å². The normalized spacial score (nSPS) is 25.5. The Balaban J connectivity index is 2.03. The molecule has 8 nitrogen and oxygen atoms in total. The van der Waals surface area contributed by atoms with Crippen LogP contribution in [0.5, 0.6) is 0 Å². The maximum atomic E-state index is 11.2. The lowest BCUT2D eigenvalue weighted by atomic mass is 10.1. The molecule has 2 aliphatic rings. The van der Waals surface area contributed by atoms with Gasteiger partial charge < -0.3 is 10.3 Å². The van der Waals surface area contributed by atoms with Gasteiger partial charge in [-0.1, -0.05) is 0 Å². The van der Waals surface area contributed by atoms with Crippen molar-refractivity contribution in [2.45, 2.75) is 25.3 Å². The maximum Gasteiger partial charge on any atom is 0.354 e. The highest BCUT2D eigenvalue weighted by Crippen LogP contribution is 2.43. The molecule has 2 atom stereocenters. The van der Waals surface area contributed by atoms with Crippen molar-refractivity contribution in [3.8, 4) is 0 Å². The van der Waals surface area contributed by atoms with E-state index in [0.29, 0.717) is 17.8 Å². The quantitative estimate of drug-likeness (QED) is 0.460. The number of nitrogens with one attached hydrogen (secondary N) is 1.